The van der Waals surface area contributed by atoms with Crippen LogP contribution < -0.4 is 10.1 Å². The molecule has 0 aliphatic carbocycles. The predicted molar refractivity (Wildman–Crippen MR) is 104 cm³/mol. The van der Waals surface area contributed by atoms with Crippen LogP contribution in [0.15, 0.2) is 28.8 Å². The first-order chi connectivity index (χ1) is 12.6. The van der Waals surface area contributed by atoms with Crippen molar-refractivity contribution in [3.63, 3.8) is 0 Å². The molecule has 2 heterocycles. The zero-order valence-corrected chi connectivity index (χ0v) is 16.8. The molecule has 1 aromatic carbocycles. The van der Waals surface area contributed by atoms with Gasteiger partial charge in [-0.05, 0) is 6.07 Å². The molecule has 1 fully saturated rings. The van der Waals surface area contributed by atoms with E-state index in [-0.39, 0.29) is 30.3 Å². The Morgan fingerprint density at radius 1 is 1.41 bits per heavy atom. The van der Waals surface area contributed by atoms with Gasteiger partial charge in [0.1, 0.15) is 5.75 Å². The Kier molecular flexibility index (Phi) is 7.62. The smallest absolute Gasteiger partial charge is 0.227 e. The standard InChI is InChI=1S/C19H26N4O3.ClH/c1-13(2)19-21-17(26-22-19)8-9-18(24)23-11-10-20-12-15(23)14-6-4-5-7-16(14)25-3;/h4-7,13,15,20H,8-12H2,1-3H3;1H. The molecular weight excluding hydrogens is 368 g/mol. The molecule has 0 radical (unpaired) electrons. The number of rotatable bonds is 6. The van der Waals surface area contributed by atoms with Gasteiger partial charge in [0.05, 0.1) is 13.2 Å². The van der Waals surface area contributed by atoms with E-state index in [4.69, 9.17) is 9.26 Å². The van der Waals surface area contributed by atoms with Gasteiger partial charge in [-0.25, -0.2) is 0 Å². The van der Waals surface area contributed by atoms with E-state index < -0.39 is 0 Å². The van der Waals surface area contributed by atoms with E-state index in [0.29, 0.717) is 37.6 Å². The van der Waals surface area contributed by atoms with Gasteiger partial charge in [0.25, 0.3) is 0 Å². The number of aryl methyl sites for hydroxylation is 1. The van der Waals surface area contributed by atoms with Crippen LogP contribution in [0, 0.1) is 0 Å². The maximum Gasteiger partial charge on any atom is 0.227 e. The van der Waals surface area contributed by atoms with Crippen molar-refractivity contribution in [2.45, 2.75) is 38.6 Å². The lowest BCUT2D eigenvalue weighted by Crippen LogP contribution is -2.48. The van der Waals surface area contributed by atoms with Crippen LogP contribution in [0.5, 0.6) is 5.75 Å². The van der Waals surface area contributed by atoms with Crippen molar-refractivity contribution >= 4 is 18.3 Å². The first-order valence-corrected chi connectivity index (χ1v) is 9.05. The first kappa shape index (κ1) is 21.2. The number of hydrogen-bond acceptors (Lipinski definition) is 6. The number of ether oxygens (including phenoxy) is 1. The second-order valence-electron chi connectivity index (χ2n) is 6.75. The number of methoxy groups -OCH3 is 1. The molecule has 1 atom stereocenters. The van der Waals surface area contributed by atoms with Gasteiger partial charge in [-0.15, -0.1) is 12.4 Å². The Morgan fingerprint density at radius 2 is 2.19 bits per heavy atom. The Balaban J connectivity index is 0.00000261. The maximum absolute atomic E-state index is 12.9. The van der Waals surface area contributed by atoms with E-state index in [1.807, 2.05) is 43.0 Å². The largest absolute Gasteiger partial charge is 0.496 e. The number of benzene rings is 1. The van der Waals surface area contributed by atoms with Gasteiger partial charge < -0.3 is 19.5 Å². The highest BCUT2D eigenvalue weighted by molar-refractivity contribution is 5.85. The maximum atomic E-state index is 12.9. The van der Waals surface area contributed by atoms with E-state index in [9.17, 15) is 4.79 Å². The monoisotopic (exact) mass is 394 g/mol. The minimum Gasteiger partial charge on any atom is -0.496 e. The van der Waals surface area contributed by atoms with Crippen LogP contribution in [-0.4, -0.2) is 47.7 Å². The molecule has 148 valence electrons. The molecular formula is C19H27ClN4O3. The fraction of sp³-hybridized carbons (Fsp3) is 0.526. The van der Waals surface area contributed by atoms with Crippen molar-refractivity contribution in [3.05, 3.63) is 41.5 Å². The van der Waals surface area contributed by atoms with Crippen molar-refractivity contribution in [2.75, 3.05) is 26.7 Å². The summed E-state index contributed by atoms with van der Waals surface area (Å²) in [5, 5.41) is 7.32. The van der Waals surface area contributed by atoms with Gasteiger partial charge in [-0.2, -0.15) is 4.98 Å². The Morgan fingerprint density at radius 3 is 2.89 bits per heavy atom. The number of hydrogen-bond donors (Lipinski definition) is 1. The third-order valence-electron chi connectivity index (χ3n) is 4.61. The van der Waals surface area contributed by atoms with Gasteiger partial charge in [0, 0.05) is 44.0 Å². The molecule has 1 saturated heterocycles. The Hall–Kier alpha value is -2.12. The highest BCUT2D eigenvalue weighted by atomic mass is 35.5. The van der Waals surface area contributed by atoms with E-state index >= 15 is 0 Å². The number of carbonyl (C=O) groups excluding carboxylic acids is 1. The second-order valence-corrected chi connectivity index (χ2v) is 6.75. The fourth-order valence-corrected chi connectivity index (χ4v) is 3.18. The number of carbonyl (C=O) groups is 1. The average Bonchev–Trinajstić information content (AvgIpc) is 3.15. The van der Waals surface area contributed by atoms with Crippen molar-refractivity contribution in [3.8, 4) is 5.75 Å². The SMILES string of the molecule is COc1ccccc1C1CNCCN1C(=O)CCc1nc(C(C)C)no1.Cl. The van der Waals surface area contributed by atoms with E-state index in [1.165, 1.54) is 0 Å². The van der Waals surface area contributed by atoms with Gasteiger partial charge >= 0.3 is 0 Å². The summed E-state index contributed by atoms with van der Waals surface area (Å²) in [5.74, 6) is 2.31. The van der Waals surface area contributed by atoms with Crippen LogP contribution >= 0.6 is 12.4 Å². The third kappa shape index (κ3) is 4.99. The lowest BCUT2D eigenvalue weighted by Gasteiger charge is -2.37. The van der Waals surface area contributed by atoms with Crippen LogP contribution in [0.2, 0.25) is 0 Å². The summed E-state index contributed by atoms with van der Waals surface area (Å²) in [6.07, 6.45) is 0.812. The van der Waals surface area contributed by atoms with Crippen LogP contribution in [0.25, 0.3) is 0 Å². The molecule has 1 unspecified atom stereocenters. The van der Waals surface area contributed by atoms with E-state index in [1.54, 1.807) is 7.11 Å². The quantitative estimate of drug-likeness (QED) is 0.811. The van der Waals surface area contributed by atoms with Crippen LogP contribution in [-0.2, 0) is 11.2 Å². The minimum atomic E-state index is -0.0405. The summed E-state index contributed by atoms with van der Waals surface area (Å²) in [4.78, 5) is 19.1. The van der Waals surface area contributed by atoms with Crippen LogP contribution in [0.4, 0.5) is 0 Å². The molecule has 27 heavy (non-hydrogen) atoms. The number of amides is 1. The highest BCUT2D eigenvalue weighted by Gasteiger charge is 2.29. The number of nitrogens with one attached hydrogen (secondary N) is 1. The second kappa shape index (κ2) is 9.71. The highest BCUT2D eigenvalue weighted by Crippen LogP contribution is 2.30. The molecule has 8 heteroatoms. The van der Waals surface area contributed by atoms with Crippen molar-refractivity contribution in [1.29, 1.82) is 0 Å². The molecule has 7 nitrogen and oxygen atoms in total. The van der Waals surface area contributed by atoms with E-state index in [2.05, 4.69) is 15.5 Å². The summed E-state index contributed by atoms with van der Waals surface area (Å²) in [6.45, 7) is 6.19. The van der Waals surface area contributed by atoms with E-state index in [0.717, 1.165) is 17.9 Å². The van der Waals surface area contributed by atoms with Crippen molar-refractivity contribution in [2.24, 2.45) is 0 Å². The zero-order valence-electron chi connectivity index (χ0n) is 16.0. The molecule has 0 bridgehead atoms. The number of piperazine rings is 1. The summed E-state index contributed by atoms with van der Waals surface area (Å²) >= 11 is 0. The molecule has 2 aromatic rings. The van der Waals surface area contributed by atoms with Crippen LogP contribution in [0.3, 0.4) is 0 Å². The third-order valence-corrected chi connectivity index (χ3v) is 4.61. The van der Waals surface area contributed by atoms with Gasteiger partial charge in [-0.1, -0.05) is 37.2 Å². The van der Waals surface area contributed by atoms with Gasteiger partial charge in [0.15, 0.2) is 5.82 Å². The van der Waals surface area contributed by atoms with Gasteiger partial charge in [0.2, 0.25) is 11.8 Å². The van der Waals surface area contributed by atoms with Crippen molar-refractivity contribution < 1.29 is 14.1 Å². The molecule has 1 aliphatic rings. The minimum absolute atomic E-state index is 0. The van der Waals surface area contributed by atoms with Crippen LogP contribution in [0.1, 0.15) is 49.5 Å². The number of halogens is 1. The molecule has 0 saturated carbocycles. The predicted octanol–water partition coefficient (Wildman–Crippen LogP) is 2.73. The zero-order chi connectivity index (χ0) is 18.5. The fourth-order valence-electron chi connectivity index (χ4n) is 3.18. The Bertz CT molecular complexity index is 750. The number of para-hydroxylation sites is 1. The van der Waals surface area contributed by atoms with Gasteiger partial charge in [-0.3, -0.25) is 4.79 Å². The average molecular weight is 395 g/mol. The lowest BCUT2D eigenvalue weighted by molar-refractivity contribution is -0.134. The summed E-state index contributed by atoms with van der Waals surface area (Å²) in [7, 11) is 1.66. The first-order valence-electron chi connectivity index (χ1n) is 9.05. The summed E-state index contributed by atoms with van der Waals surface area (Å²) < 4.78 is 10.7. The molecule has 1 N–H and O–H groups in total. The number of nitrogens with zero attached hydrogens (tertiary/aromatic N) is 3. The molecule has 1 aliphatic heterocycles. The number of aromatic nitrogens is 2. The van der Waals surface area contributed by atoms with Crippen molar-refractivity contribution in [1.82, 2.24) is 20.4 Å². The summed E-state index contributed by atoms with van der Waals surface area (Å²) in [5.41, 5.74) is 1.02. The molecule has 3 rings (SSSR count). The lowest BCUT2D eigenvalue weighted by atomic mass is 10.0. The summed E-state index contributed by atoms with van der Waals surface area (Å²) in [6, 6.07) is 7.82. The topological polar surface area (TPSA) is 80.5 Å². The normalized spacial score (nSPS) is 16.9. The Labute approximate surface area is 165 Å². The molecule has 1 aromatic heterocycles. The molecule has 0 spiro atoms. The molecule has 1 amide bonds.